The maximum atomic E-state index is 10.3. The van der Waals surface area contributed by atoms with Gasteiger partial charge in [-0.25, -0.2) is 14.6 Å². The van der Waals surface area contributed by atoms with Crippen molar-refractivity contribution in [3.05, 3.63) is 48.2 Å². The van der Waals surface area contributed by atoms with Crippen molar-refractivity contribution >= 4 is 22.9 Å². The molecule has 5 rings (SSSR count). The number of rotatable bonds is 8. The summed E-state index contributed by atoms with van der Waals surface area (Å²) in [5.74, 6) is 2.13. The lowest BCUT2D eigenvalue weighted by atomic mass is 10.0. The van der Waals surface area contributed by atoms with Crippen molar-refractivity contribution in [2.24, 2.45) is 0 Å². The van der Waals surface area contributed by atoms with Crippen LogP contribution in [-0.2, 0) is 18.7 Å². The molecule has 4 aromatic rings. The van der Waals surface area contributed by atoms with Crippen molar-refractivity contribution in [3.63, 3.8) is 0 Å². The molecule has 11 nitrogen and oxygen atoms in total. The molecule has 0 radical (unpaired) electrons. The van der Waals surface area contributed by atoms with E-state index in [9.17, 15) is 5.11 Å². The number of nitrogens with zero attached hydrogens (tertiary/aromatic N) is 9. The van der Waals surface area contributed by atoms with Gasteiger partial charge in [0.05, 0.1) is 12.0 Å². The Hall–Kier alpha value is -3.57. The topological polar surface area (TPSA) is 113 Å². The Morgan fingerprint density at radius 1 is 1.14 bits per heavy atom. The molecule has 5 heterocycles. The van der Waals surface area contributed by atoms with Crippen LogP contribution in [0.5, 0.6) is 0 Å². The van der Waals surface area contributed by atoms with Crippen molar-refractivity contribution in [2.75, 3.05) is 37.4 Å². The Morgan fingerprint density at radius 2 is 1.92 bits per heavy atom. The Bertz CT molecular complexity index is 1360. The first-order chi connectivity index (χ1) is 17.7. The fourth-order valence-electron chi connectivity index (χ4n) is 4.73. The summed E-state index contributed by atoms with van der Waals surface area (Å²) in [4.78, 5) is 23.6. The number of fused-ring (bicyclic) bond motifs is 1. The van der Waals surface area contributed by atoms with Crippen molar-refractivity contribution in [3.8, 4) is 5.82 Å². The number of aromatic nitrogens is 7. The predicted molar refractivity (Wildman–Crippen MR) is 144 cm³/mol. The van der Waals surface area contributed by atoms with Crippen LogP contribution < -0.4 is 10.2 Å². The SMILES string of the molecule is CCn1cnc2c(NCc3cccnc3-n3ccc(C(C)(C)O)n3)nc(N3CCC(N(C)C)CC3)nc21. The molecular weight excluding hydrogens is 468 g/mol. The van der Waals surface area contributed by atoms with E-state index in [4.69, 9.17) is 9.97 Å². The lowest BCUT2D eigenvalue weighted by Crippen LogP contribution is -2.42. The van der Waals surface area contributed by atoms with Gasteiger partial charge in [-0.2, -0.15) is 15.1 Å². The molecule has 2 N–H and O–H groups in total. The van der Waals surface area contributed by atoms with E-state index < -0.39 is 5.60 Å². The Labute approximate surface area is 217 Å². The maximum absolute atomic E-state index is 10.3. The monoisotopic (exact) mass is 504 g/mol. The van der Waals surface area contributed by atoms with Crippen LogP contribution in [0, 0.1) is 0 Å². The third kappa shape index (κ3) is 5.14. The molecule has 0 spiro atoms. The molecule has 0 amide bonds. The highest BCUT2D eigenvalue weighted by atomic mass is 16.3. The first-order valence-corrected chi connectivity index (χ1v) is 12.9. The van der Waals surface area contributed by atoms with Crippen molar-refractivity contribution < 1.29 is 5.11 Å². The fraction of sp³-hybridized carbons (Fsp3) is 0.500. The van der Waals surface area contributed by atoms with Crippen LogP contribution in [-0.4, -0.2) is 77.5 Å². The molecule has 37 heavy (non-hydrogen) atoms. The minimum atomic E-state index is -1.03. The molecule has 0 aliphatic carbocycles. The van der Waals surface area contributed by atoms with E-state index in [-0.39, 0.29) is 0 Å². The summed E-state index contributed by atoms with van der Waals surface area (Å²) in [5, 5.41) is 18.4. The van der Waals surface area contributed by atoms with E-state index in [1.165, 1.54) is 0 Å². The zero-order valence-electron chi connectivity index (χ0n) is 22.3. The minimum Gasteiger partial charge on any atom is -0.384 e. The second-order valence-corrected chi connectivity index (χ2v) is 10.3. The summed E-state index contributed by atoms with van der Waals surface area (Å²) >= 11 is 0. The molecule has 1 fully saturated rings. The van der Waals surface area contributed by atoms with Crippen LogP contribution in [0.2, 0.25) is 0 Å². The summed E-state index contributed by atoms with van der Waals surface area (Å²) in [7, 11) is 4.29. The van der Waals surface area contributed by atoms with Gasteiger partial charge in [-0.3, -0.25) is 0 Å². The number of piperidine rings is 1. The van der Waals surface area contributed by atoms with Gasteiger partial charge in [0.1, 0.15) is 5.60 Å². The zero-order valence-corrected chi connectivity index (χ0v) is 22.3. The molecule has 1 saturated heterocycles. The van der Waals surface area contributed by atoms with E-state index in [1.54, 1.807) is 24.7 Å². The smallest absolute Gasteiger partial charge is 0.229 e. The van der Waals surface area contributed by atoms with Gasteiger partial charge in [0.15, 0.2) is 22.8 Å². The molecule has 0 saturated carbocycles. The van der Waals surface area contributed by atoms with Gasteiger partial charge in [0.25, 0.3) is 0 Å². The van der Waals surface area contributed by atoms with E-state index in [0.29, 0.717) is 29.9 Å². The van der Waals surface area contributed by atoms with Crippen molar-refractivity contribution in [1.29, 1.82) is 0 Å². The van der Waals surface area contributed by atoms with Crippen molar-refractivity contribution in [2.45, 2.75) is 58.3 Å². The molecule has 0 unspecified atom stereocenters. The average Bonchev–Trinajstić information content (AvgIpc) is 3.55. The molecule has 1 aliphatic rings. The number of aryl methyl sites for hydroxylation is 1. The fourth-order valence-corrected chi connectivity index (χ4v) is 4.73. The Morgan fingerprint density at radius 3 is 2.59 bits per heavy atom. The summed E-state index contributed by atoms with van der Waals surface area (Å²) in [6.07, 6.45) is 7.55. The number of anilines is 2. The second kappa shape index (κ2) is 10.1. The van der Waals surface area contributed by atoms with Gasteiger partial charge >= 0.3 is 0 Å². The van der Waals surface area contributed by atoms with E-state index in [1.807, 2.05) is 30.7 Å². The maximum Gasteiger partial charge on any atom is 0.229 e. The normalized spacial score (nSPS) is 15.2. The lowest BCUT2D eigenvalue weighted by Gasteiger charge is -2.35. The number of imidazole rings is 1. The lowest BCUT2D eigenvalue weighted by molar-refractivity contribution is 0.0734. The first kappa shape index (κ1) is 25.1. The molecule has 0 atom stereocenters. The molecule has 4 aromatic heterocycles. The predicted octanol–water partition coefficient (Wildman–Crippen LogP) is 2.80. The van der Waals surface area contributed by atoms with Gasteiger partial charge in [-0.1, -0.05) is 6.07 Å². The third-order valence-corrected chi connectivity index (χ3v) is 7.02. The molecule has 0 aromatic carbocycles. The van der Waals surface area contributed by atoms with Gasteiger partial charge in [-0.15, -0.1) is 0 Å². The molecular formula is C26H36N10O. The molecule has 11 heteroatoms. The summed E-state index contributed by atoms with van der Waals surface area (Å²) in [5.41, 5.74) is 2.09. The largest absolute Gasteiger partial charge is 0.384 e. The van der Waals surface area contributed by atoms with Crippen LogP contribution in [0.15, 0.2) is 36.9 Å². The highest BCUT2D eigenvalue weighted by molar-refractivity contribution is 5.84. The van der Waals surface area contributed by atoms with Crippen molar-refractivity contribution in [1.82, 2.24) is 39.2 Å². The highest BCUT2D eigenvalue weighted by Crippen LogP contribution is 2.26. The number of hydrogen-bond acceptors (Lipinski definition) is 9. The zero-order chi connectivity index (χ0) is 26.2. The average molecular weight is 505 g/mol. The molecule has 0 bridgehead atoms. The van der Waals surface area contributed by atoms with Crippen LogP contribution in [0.25, 0.3) is 17.0 Å². The Balaban J connectivity index is 1.43. The van der Waals surface area contributed by atoms with Crippen LogP contribution >= 0.6 is 0 Å². The molecule has 1 aliphatic heterocycles. The number of nitrogens with one attached hydrogen (secondary N) is 1. The standard InChI is InChI=1S/C26H36N10O/c1-6-34-17-29-21-22(30-25(31-24(21)34)35-13-9-19(10-14-35)33(4)5)28-16-18-8-7-12-27-23(18)36-15-11-20(32-36)26(2,3)37/h7-8,11-12,15,17,19,37H,6,9-10,13-14,16H2,1-5H3,(H,28,30,31). The van der Waals surface area contributed by atoms with Crippen LogP contribution in [0.1, 0.15) is 44.9 Å². The summed E-state index contributed by atoms with van der Waals surface area (Å²) in [6.45, 7) is 8.63. The van der Waals surface area contributed by atoms with Crippen LogP contribution in [0.3, 0.4) is 0 Å². The van der Waals surface area contributed by atoms with Gasteiger partial charge < -0.3 is 24.8 Å². The highest BCUT2D eigenvalue weighted by Gasteiger charge is 2.24. The number of hydrogen-bond donors (Lipinski definition) is 2. The van der Waals surface area contributed by atoms with Crippen LogP contribution in [0.4, 0.5) is 11.8 Å². The number of pyridine rings is 1. The summed E-state index contributed by atoms with van der Waals surface area (Å²) < 4.78 is 3.75. The first-order valence-electron chi connectivity index (χ1n) is 12.9. The number of aliphatic hydroxyl groups is 1. The summed E-state index contributed by atoms with van der Waals surface area (Å²) in [6, 6.07) is 6.31. The van der Waals surface area contributed by atoms with E-state index >= 15 is 0 Å². The molecule has 196 valence electrons. The third-order valence-electron chi connectivity index (χ3n) is 7.02. The van der Waals surface area contributed by atoms with E-state index in [2.05, 4.69) is 55.8 Å². The van der Waals surface area contributed by atoms with Gasteiger partial charge in [-0.05, 0) is 59.8 Å². The quantitative estimate of drug-likeness (QED) is 0.374. The Kier molecular flexibility index (Phi) is 6.82. The van der Waals surface area contributed by atoms with E-state index in [0.717, 1.165) is 55.2 Å². The van der Waals surface area contributed by atoms with Gasteiger partial charge in [0, 0.05) is 50.2 Å². The minimum absolute atomic E-state index is 0.480. The van der Waals surface area contributed by atoms with Gasteiger partial charge in [0.2, 0.25) is 5.95 Å². The second-order valence-electron chi connectivity index (χ2n) is 10.3.